The van der Waals surface area contributed by atoms with Crippen molar-refractivity contribution in [1.82, 2.24) is 4.90 Å². The largest absolute Gasteiger partial charge is 0.467 e. The molecular weight excluding hydrogens is 326 g/mol. The van der Waals surface area contributed by atoms with E-state index in [-0.39, 0.29) is 5.92 Å². The van der Waals surface area contributed by atoms with Crippen LogP contribution in [0.2, 0.25) is 0 Å². The van der Waals surface area contributed by atoms with Gasteiger partial charge in [-0.15, -0.1) is 6.58 Å². The molecule has 7 nitrogen and oxygen atoms in total. The number of amides is 1. The number of methoxy groups -OCH3 is 1. The van der Waals surface area contributed by atoms with Gasteiger partial charge in [0.1, 0.15) is 11.6 Å². The molecule has 0 radical (unpaired) electrons. The van der Waals surface area contributed by atoms with E-state index in [0.29, 0.717) is 25.7 Å². The quantitative estimate of drug-likeness (QED) is 0.428. The molecular formula is C18H29NO6. The number of nitrogens with zero attached hydrogens (tertiary/aromatic N) is 1. The summed E-state index contributed by atoms with van der Waals surface area (Å²) in [4.78, 5) is 37.7. The highest BCUT2D eigenvalue weighted by molar-refractivity contribution is 5.82. The first kappa shape index (κ1) is 21.0. The van der Waals surface area contributed by atoms with Gasteiger partial charge in [-0.05, 0) is 46.5 Å². The average Bonchev–Trinajstić information content (AvgIpc) is 2.50. The van der Waals surface area contributed by atoms with Gasteiger partial charge >= 0.3 is 18.0 Å². The Labute approximate surface area is 149 Å². The molecule has 7 heteroatoms. The Bertz CT molecular complexity index is 510. The van der Waals surface area contributed by atoms with E-state index in [1.165, 1.54) is 18.9 Å². The van der Waals surface area contributed by atoms with E-state index in [1.54, 1.807) is 26.8 Å². The first-order valence-electron chi connectivity index (χ1n) is 8.48. The lowest BCUT2D eigenvalue weighted by atomic mass is 9.87. The van der Waals surface area contributed by atoms with Crippen LogP contribution in [0.3, 0.4) is 0 Å². The van der Waals surface area contributed by atoms with Gasteiger partial charge in [-0.1, -0.05) is 6.08 Å². The van der Waals surface area contributed by atoms with Gasteiger partial charge in [0.05, 0.1) is 7.11 Å². The highest BCUT2D eigenvalue weighted by Gasteiger charge is 2.46. The molecule has 0 N–H and O–H groups in total. The normalized spacial score (nSPS) is 23.6. The first-order valence-corrected chi connectivity index (χ1v) is 8.48. The van der Waals surface area contributed by atoms with Crippen molar-refractivity contribution < 1.29 is 28.6 Å². The van der Waals surface area contributed by atoms with Crippen molar-refractivity contribution in [3.63, 3.8) is 0 Å². The topological polar surface area (TPSA) is 82.1 Å². The Balaban J connectivity index is 3.19. The highest BCUT2D eigenvalue weighted by atomic mass is 16.6. The van der Waals surface area contributed by atoms with Crippen molar-refractivity contribution in [3.8, 4) is 0 Å². The number of ether oxygens (including phenoxy) is 3. The SMILES string of the molecule is C=CCC[C@@H]1CC[C@@H](C(=O)OC)N(C(=O)OC(C)(C)C)C1OC(C)=O. The van der Waals surface area contributed by atoms with Crippen LogP contribution >= 0.6 is 0 Å². The van der Waals surface area contributed by atoms with E-state index in [1.807, 2.05) is 0 Å². The van der Waals surface area contributed by atoms with Gasteiger partial charge in [0.15, 0.2) is 6.23 Å². The summed E-state index contributed by atoms with van der Waals surface area (Å²) in [5.74, 6) is -1.17. The lowest BCUT2D eigenvalue weighted by Gasteiger charge is -2.44. The van der Waals surface area contributed by atoms with Crippen LogP contribution in [0.1, 0.15) is 53.4 Å². The minimum absolute atomic E-state index is 0.102. The van der Waals surface area contributed by atoms with Crippen molar-refractivity contribution in [2.24, 2.45) is 5.92 Å². The highest BCUT2D eigenvalue weighted by Crippen LogP contribution is 2.34. The maximum atomic E-state index is 12.7. The van der Waals surface area contributed by atoms with Gasteiger partial charge in [-0.2, -0.15) is 0 Å². The molecule has 1 amide bonds. The van der Waals surface area contributed by atoms with Gasteiger partial charge in [0.2, 0.25) is 0 Å². The summed E-state index contributed by atoms with van der Waals surface area (Å²) in [6.07, 6.45) is 2.66. The van der Waals surface area contributed by atoms with Crippen LogP contribution in [-0.4, -0.2) is 47.9 Å². The van der Waals surface area contributed by atoms with Gasteiger partial charge in [0, 0.05) is 12.8 Å². The number of esters is 2. The zero-order chi connectivity index (χ0) is 19.2. The number of piperidine rings is 1. The van der Waals surface area contributed by atoms with Crippen LogP contribution in [0.4, 0.5) is 4.79 Å². The van der Waals surface area contributed by atoms with Crippen LogP contribution in [0.5, 0.6) is 0 Å². The van der Waals surface area contributed by atoms with Gasteiger partial charge in [-0.25, -0.2) is 9.59 Å². The standard InChI is InChI=1S/C18H29NO6/c1-7-8-9-13-10-11-14(16(21)23-6)19(15(13)24-12(2)20)17(22)25-18(3,4)5/h7,13-15H,1,8-11H2,2-6H3/t13-,14+,15?/m1/s1. The van der Waals surface area contributed by atoms with E-state index < -0.39 is 35.9 Å². The van der Waals surface area contributed by atoms with Crippen molar-refractivity contribution >= 4 is 18.0 Å². The van der Waals surface area contributed by atoms with Crippen LogP contribution in [-0.2, 0) is 23.8 Å². The predicted molar refractivity (Wildman–Crippen MR) is 91.6 cm³/mol. The second-order valence-corrected chi connectivity index (χ2v) is 7.13. The van der Waals surface area contributed by atoms with Crippen LogP contribution < -0.4 is 0 Å². The third-order valence-electron chi connectivity index (χ3n) is 3.93. The van der Waals surface area contributed by atoms with Gasteiger partial charge in [-0.3, -0.25) is 9.69 Å². The lowest BCUT2D eigenvalue weighted by molar-refractivity contribution is -0.179. The average molecular weight is 355 g/mol. The molecule has 0 aromatic rings. The molecule has 1 fully saturated rings. The molecule has 3 atom stereocenters. The summed E-state index contributed by atoms with van der Waals surface area (Å²) >= 11 is 0. The van der Waals surface area contributed by atoms with Crippen molar-refractivity contribution in [2.45, 2.75) is 71.2 Å². The minimum atomic E-state index is -0.870. The van der Waals surface area contributed by atoms with E-state index in [9.17, 15) is 14.4 Å². The molecule has 0 aromatic carbocycles. The fraction of sp³-hybridized carbons (Fsp3) is 0.722. The van der Waals surface area contributed by atoms with E-state index in [4.69, 9.17) is 14.2 Å². The number of hydrogen-bond acceptors (Lipinski definition) is 6. The van der Waals surface area contributed by atoms with E-state index in [0.717, 1.165) is 0 Å². The Morgan fingerprint density at radius 1 is 1.24 bits per heavy atom. The summed E-state index contributed by atoms with van der Waals surface area (Å²) in [5.41, 5.74) is -0.743. The maximum absolute atomic E-state index is 12.7. The van der Waals surface area contributed by atoms with Crippen LogP contribution in [0.25, 0.3) is 0 Å². The minimum Gasteiger partial charge on any atom is -0.467 e. The Morgan fingerprint density at radius 2 is 1.88 bits per heavy atom. The van der Waals surface area contributed by atoms with E-state index >= 15 is 0 Å². The molecule has 0 aliphatic carbocycles. The fourth-order valence-corrected chi connectivity index (χ4v) is 2.91. The van der Waals surface area contributed by atoms with Crippen LogP contribution in [0.15, 0.2) is 12.7 Å². The molecule has 1 aliphatic heterocycles. The van der Waals surface area contributed by atoms with Gasteiger partial charge in [0.25, 0.3) is 0 Å². The summed E-state index contributed by atoms with van der Waals surface area (Å²) in [7, 11) is 1.26. The second-order valence-electron chi connectivity index (χ2n) is 7.13. The second kappa shape index (κ2) is 8.87. The molecule has 0 aromatic heterocycles. The number of rotatable bonds is 5. The van der Waals surface area contributed by atoms with Crippen LogP contribution in [0, 0.1) is 5.92 Å². The Hall–Kier alpha value is -2.05. The monoisotopic (exact) mass is 355 g/mol. The number of allylic oxidation sites excluding steroid dienone is 1. The lowest BCUT2D eigenvalue weighted by Crippen LogP contribution is -2.59. The summed E-state index contributed by atoms with van der Waals surface area (Å²) in [6.45, 7) is 10.2. The fourth-order valence-electron chi connectivity index (χ4n) is 2.91. The molecule has 1 unspecified atom stereocenters. The number of carbonyl (C=O) groups excluding carboxylic acids is 3. The number of hydrogen-bond donors (Lipinski definition) is 0. The molecule has 1 rings (SSSR count). The molecule has 0 bridgehead atoms. The molecule has 1 aliphatic rings. The maximum Gasteiger partial charge on any atom is 0.413 e. The number of carbonyl (C=O) groups is 3. The molecule has 0 saturated carbocycles. The van der Waals surface area contributed by atoms with Crippen molar-refractivity contribution in [2.75, 3.05) is 7.11 Å². The Morgan fingerprint density at radius 3 is 2.36 bits per heavy atom. The molecule has 142 valence electrons. The molecule has 25 heavy (non-hydrogen) atoms. The van der Waals surface area contributed by atoms with Gasteiger partial charge < -0.3 is 14.2 Å². The molecule has 1 heterocycles. The predicted octanol–water partition coefficient (Wildman–Crippen LogP) is 3.03. The summed E-state index contributed by atoms with van der Waals surface area (Å²) in [5, 5.41) is 0. The van der Waals surface area contributed by atoms with Crippen molar-refractivity contribution in [3.05, 3.63) is 12.7 Å². The third kappa shape index (κ3) is 6.07. The number of likely N-dealkylation sites (tertiary alicyclic amines) is 1. The zero-order valence-electron chi connectivity index (χ0n) is 15.7. The zero-order valence-corrected chi connectivity index (χ0v) is 15.7. The third-order valence-corrected chi connectivity index (χ3v) is 3.93. The molecule has 1 saturated heterocycles. The smallest absolute Gasteiger partial charge is 0.413 e. The summed E-state index contributed by atoms with van der Waals surface area (Å²) < 4.78 is 15.7. The first-order chi connectivity index (χ1) is 11.6. The molecule has 0 spiro atoms. The summed E-state index contributed by atoms with van der Waals surface area (Å²) in [6, 6.07) is -0.843. The van der Waals surface area contributed by atoms with E-state index in [2.05, 4.69) is 6.58 Å². The van der Waals surface area contributed by atoms with Crippen molar-refractivity contribution in [1.29, 1.82) is 0 Å². The Kier molecular flexibility index (Phi) is 7.45.